The van der Waals surface area contributed by atoms with E-state index in [4.69, 9.17) is 0 Å². The molecule has 3 aromatic rings. The fourth-order valence-corrected chi connectivity index (χ4v) is 3.11. The van der Waals surface area contributed by atoms with Crippen LogP contribution >= 0.6 is 15.9 Å². The van der Waals surface area contributed by atoms with Crippen molar-refractivity contribution in [2.75, 3.05) is 11.9 Å². The van der Waals surface area contributed by atoms with E-state index in [9.17, 15) is 4.79 Å². The first-order valence-electron chi connectivity index (χ1n) is 7.09. The Labute approximate surface area is 136 Å². The highest BCUT2D eigenvalue weighted by molar-refractivity contribution is 9.10. The van der Waals surface area contributed by atoms with Crippen molar-refractivity contribution in [2.45, 2.75) is 13.3 Å². The van der Waals surface area contributed by atoms with Gasteiger partial charge in [0.15, 0.2) is 0 Å². The van der Waals surface area contributed by atoms with Crippen LogP contribution in [0.25, 0.3) is 10.9 Å². The molecule has 0 bridgehead atoms. The fraction of sp³-hybridized carbons (Fsp3) is 0.250. The van der Waals surface area contributed by atoms with Crippen LogP contribution in [0.2, 0.25) is 0 Å². The highest BCUT2D eigenvalue weighted by Gasteiger charge is 2.08. The Hall–Kier alpha value is -2.08. The molecule has 1 aromatic carbocycles. The Kier molecular flexibility index (Phi) is 4.02. The molecule has 0 spiro atoms. The lowest BCUT2D eigenvalue weighted by Gasteiger charge is -2.08. The van der Waals surface area contributed by atoms with Crippen LogP contribution in [0.3, 0.4) is 0 Å². The van der Waals surface area contributed by atoms with E-state index >= 15 is 0 Å². The molecular formula is C16H17BrN4O. The maximum atomic E-state index is 11.8. The van der Waals surface area contributed by atoms with Gasteiger partial charge in [-0.2, -0.15) is 5.10 Å². The van der Waals surface area contributed by atoms with E-state index in [2.05, 4.69) is 62.6 Å². The molecule has 0 unspecified atom stereocenters. The number of anilines is 1. The molecule has 0 fully saturated rings. The Morgan fingerprint density at radius 2 is 2.23 bits per heavy atom. The monoisotopic (exact) mass is 360 g/mol. The Morgan fingerprint density at radius 3 is 3.05 bits per heavy atom. The topological polar surface area (TPSA) is 62.7 Å². The van der Waals surface area contributed by atoms with E-state index in [-0.39, 0.29) is 5.56 Å². The summed E-state index contributed by atoms with van der Waals surface area (Å²) in [5.41, 5.74) is 4.28. The van der Waals surface area contributed by atoms with Gasteiger partial charge in [-0.15, -0.1) is 0 Å². The SMILES string of the molecule is Cc1cccc2[nH]cc(CCNc3cnn(C)c(=O)c3Br)c12. The van der Waals surface area contributed by atoms with Crippen molar-refractivity contribution in [3.63, 3.8) is 0 Å². The van der Waals surface area contributed by atoms with Crippen LogP contribution < -0.4 is 10.9 Å². The third-order valence-corrected chi connectivity index (χ3v) is 4.55. The van der Waals surface area contributed by atoms with E-state index in [0.717, 1.165) is 24.2 Å². The van der Waals surface area contributed by atoms with Gasteiger partial charge >= 0.3 is 0 Å². The van der Waals surface area contributed by atoms with Crippen molar-refractivity contribution in [1.82, 2.24) is 14.8 Å². The number of halogens is 1. The molecule has 0 atom stereocenters. The zero-order chi connectivity index (χ0) is 15.7. The van der Waals surface area contributed by atoms with Gasteiger partial charge in [-0.25, -0.2) is 4.68 Å². The molecule has 2 heterocycles. The second kappa shape index (κ2) is 5.96. The Bertz CT molecular complexity index is 881. The number of hydrogen-bond acceptors (Lipinski definition) is 3. The smallest absolute Gasteiger partial charge is 0.282 e. The first-order chi connectivity index (χ1) is 10.6. The van der Waals surface area contributed by atoms with Crippen molar-refractivity contribution < 1.29 is 0 Å². The van der Waals surface area contributed by atoms with Crippen LogP contribution in [0.1, 0.15) is 11.1 Å². The lowest BCUT2D eigenvalue weighted by molar-refractivity contribution is 0.703. The number of aromatic amines is 1. The molecular weight excluding hydrogens is 344 g/mol. The molecule has 0 saturated carbocycles. The van der Waals surface area contributed by atoms with Crippen molar-refractivity contribution in [3.05, 3.63) is 56.5 Å². The molecule has 3 rings (SSSR count). The average Bonchev–Trinajstić information content (AvgIpc) is 2.92. The van der Waals surface area contributed by atoms with E-state index in [1.807, 2.05) is 0 Å². The highest BCUT2D eigenvalue weighted by atomic mass is 79.9. The minimum Gasteiger partial charge on any atom is -0.382 e. The molecule has 114 valence electrons. The summed E-state index contributed by atoms with van der Waals surface area (Å²) in [4.78, 5) is 15.1. The molecule has 5 nitrogen and oxygen atoms in total. The molecule has 0 amide bonds. The van der Waals surface area contributed by atoms with Gasteiger partial charge < -0.3 is 10.3 Å². The van der Waals surface area contributed by atoms with Crippen molar-refractivity contribution in [2.24, 2.45) is 7.05 Å². The molecule has 22 heavy (non-hydrogen) atoms. The number of aromatic nitrogens is 3. The third-order valence-electron chi connectivity index (χ3n) is 3.78. The molecule has 0 aliphatic rings. The van der Waals surface area contributed by atoms with Gasteiger partial charge in [-0.3, -0.25) is 4.79 Å². The number of hydrogen-bond donors (Lipinski definition) is 2. The largest absolute Gasteiger partial charge is 0.382 e. The second-order valence-electron chi connectivity index (χ2n) is 5.29. The number of H-pyrrole nitrogens is 1. The number of rotatable bonds is 4. The van der Waals surface area contributed by atoms with Gasteiger partial charge in [0.25, 0.3) is 5.56 Å². The number of nitrogens with zero attached hydrogens (tertiary/aromatic N) is 2. The molecule has 0 radical (unpaired) electrons. The van der Waals surface area contributed by atoms with Gasteiger partial charge in [0.05, 0.1) is 11.9 Å². The maximum absolute atomic E-state index is 11.8. The van der Waals surface area contributed by atoms with Crippen LogP contribution in [-0.2, 0) is 13.5 Å². The minimum atomic E-state index is -0.145. The minimum absolute atomic E-state index is 0.145. The van der Waals surface area contributed by atoms with Crippen LogP contribution in [0, 0.1) is 6.92 Å². The van der Waals surface area contributed by atoms with Gasteiger partial charge in [-0.1, -0.05) is 12.1 Å². The zero-order valence-corrected chi connectivity index (χ0v) is 14.1. The van der Waals surface area contributed by atoms with Gasteiger partial charge in [-0.05, 0) is 46.5 Å². The number of nitrogens with one attached hydrogen (secondary N) is 2. The summed E-state index contributed by atoms with van der Waals surface area (Å²) >= 11 is 3.32. The molecule has 0 saturated heterocycles. The predicted octanol–water partition coefficient (Wildman–Crippen LogP) is 2.99. The standard InChI is InChI=1S/C16H17BrN4O/c1-10-4-3-5-12-14(10)11(8-19-12)6-7-18-13-9-20-21(2)16(22)15(13)17/h3-5,8-9,18-19H,6-7H2,1-2H3. The highest BCUT2D eigenvalue weighted by Crippen LogP contribution is 2.23. The van der Waals surface area contributed by atoms with Crippen LogP contribution in [0.5, 0.6) is 0 Å². The Balaban J connectivity index is 1.76. The summed E-state index contributed by atoms with van der Waals surface area (Å²) in [5, 5.41) is 8.57. The lowest BCUT2D eigenvalue weighted by atomic mass is 10.1. The second-order valence-corrected chi connectivity index (χ2v) is 6.08. The van der Waals surface area contributed by atoms with Crippen molar-refractivity contribution in [1.29, 1.82) is 0 Å². The first-order valence-corrected chi connectivity index (χ1v) is 7.88. The molecule has 0 aliphatic carbocycles. The third kappa shape index (κ3) is 2.66. The van der Waals surface area contributed by atoms with Crippen LogP contribution in [0.15, 0.2) is 39.9 Å². The molecule has 2 N–H and O–H groups in total. The summed E-state index contributed by atoms with van der Waals surface area (Å²) in [6.07, 6.45) is 4.58. The lowest BCUT2D eigenvalue weighted by Crippen LogP contribution is -2.21. The average molecular weight is 361 g/mol. The summed E-state index contributed by atoms with van der Waals surface area (Å²) in [5.74, 6) is 0. The first kappa shape index (κ1) is 14.8. The summed E-state index contributed by atoms with van der Waals surface area (Å²) in [6, 6.07) is 6.26. The summed E-state index contributed by atoms with van der Waals surface area (Å²) < 4.78 is 1.82. The summed E-state index contributed by atoms with van der Waals surface area (Å²) in [7, 11) is 1.63. The molecule has 2 aromatic heterocycles. The normalized spacial score (nSPS) is 11.0. The van der Waals surface area contributed by atoms with Crippen molar-refractivity contribution >= 4 is 32.5 Å². The van der Waals surface area contributed by atoms with E-state index in [1.54, 1.807) is 13.2 Å². The number of aryl methyl sites for hydroxylation is 2. The maximum Gasteiger partial charge on any atom is 0.282 e. The van der Waals surface area contributed by atoms with Crippen molar-refractivity contribution in [3.8, 4) is 0 Å². The quantitative estimate of drug-likeness (QED) is 0.751. The van der Waals surface area contributed by atoms with E-state index < -0.39 is 0 Å². The predicted molar refractivity (Wildman–Crippen MR) is 92.4 cm³/mol. The molecule has 6 heteroatoms. The fourth-order valence-electron chi connectivity index (χ4n) is 2.61. The van der Waals surface area contributed by atoms with Gasteiger partial charge in [0.1, 0.15) is 4.47 Å². The zero-order valence-electron chi connectivity index (χ0n) is 12.5. The number of benzene rings is 1. The Morgan fingerprint density at radius 1 is 1.41 bits per heavy atom. The molecule has 0 aliphatic heterocycles. The van der Waals surface area contributed by atoms with E-state index in [0.29, 0.717) is 4.47 Å². The van der Waals surface area contributed by atoms with Crippen LogP contribution in [0.4, 0.5) is 5.69 Å². The number of fused-ring (bicyclic) bond motifs is 1. The van der Waals surface area contributed by atoms with Gasteiger partial charge in [0, 0.05) is 30.7 Å². The summed E-state index contributed by atoms with van der Waals surface area (Å²) in [6.45, 7) is 2.85. The van der Waals surface area contributed by atoms with Crippen LogP contribution in [-0.4, -0.2) is 21.3 Å². The van der Waals surface area contributed by atoms with Gasteiger partial charge in [0.2, 0.25) is 0 Å². The van der Waals surface area contributed by atoms with E-state index in [1.165, 1.54) is 21.2 Å².